The molecule has 4 rings (SSSR count). The highest BCUT2D eigenvalue weighted by molar-refractivity contribution is 7.84. The molecule has 9 heteroatoms. The zero-order valence-electron chi connectivity index (χ0n) is 23.9. The van der Waals surface area contributed by atoms with Gasteiger partial charge < -0.3 is 9.45 Å². The minimum absolute atomic E-state index is 0.140. The summed E-state index contributed by atoms with van der Waals surface area (Å²) in [7, 11) is -3.92. The highest BCUT2D eigenvalue weighted by Gasteiger charge is 2.23. The fourth-order valence-corrected chi connectivity index (χ4v) is 4.56. The van der Waals surface area contributed by atoms with Gasteiger partial charge in [0.25, 0.3) is 5.70 Å². The molecule has 2 heterocycles. The van der Waals surface area contributed by atoms with E-state index in [2.05, 4.69) is 64.1 Å². The van der Waals surface area contributed by atoms with Crippen LogP contribution >= 0.6 is 0 Å². The molecule has 0 N–H and O–H groups in total. The summed E-state index contributed by atoms with van der Waals surface area (Å²) in [4.78, 5) is 9.82. The second-order valence-corrected chi connectivity index (χ2v) is 10.9. The van der Waals surface area contributed by atoms with E-state index in [0.717, 1.165) is 53.9 Å². The molecule has 0 amide bonds. The van der Waals surface area contributed by atoms with Gasteiger partial charge in [0.15, 0.2) is 0 Å². The van der Waals surface area contributed by atoms with E-state index in [1.165, 1.54) is 0 Å². The molecule has 43 heavy (non-hydrogen) atoms. The monoisotopic (exact) mass is 588 g/mol. The van der Waals surface area contributed by atoms with Gasteiger partial charge in [0.1, 0.15) is 0 Å². The topological polar surface area (TPSA) is 125 Å². The Bertz CT molecular complexity index is 1760. The summed E-state index contributed by atoms with van der Waals surface area (Å²) < 4.78 is 27.2. The summed E-state index contributed by atoms with van der Waals surface area (Å²) in [6.07, 6.45) is 12.8. The Hall–Kier alpha value is -5.27. The largest absolute Gasteiger partial charge is 0.748 e. The summed E-state index contributed by atoms with van der Waals surface area (Å²) in [5.74, 6) is 0. The van der Waals surface area contributed by atoms with E-state index in [9.17, 15) is 10.5 Å². The third kappa shape index (κ3) is 9.11. The first-order valence-corrected chi connectivity index (χ1v) is 15.3. The van der Waals surface area contributed by atoms with E-state index in [0.29, 0.717) is 11.8 Å². The number of pyridine rings is 1. The summed E-state index contributed by atoms with van der Waals surface area (Å²) in [6.45, 7) is 10.5. The molecule has 2 aromatic carbocycles. The van der Waals surface area contributed by atoms with Crippen LogP contribution < -0.4 is 4.90 Å². The van der Waals surface area contributed by atoms with Gasteiger partial charge >= 0.3 is 0 Å². The highest BCUT2D eigenvalue weighted by Crippen LogP contribution is 2.39. The first-order valence-electron chi connectivity index (χ1n) is 13.5. The fraction of sp³-hybridized carbons (Fsp3) is 0.176. The molecular formula is C34H30N5O3S-. The molecule has 0 bridgehead atoms. The Morgan fingerprint density at radius 2 is 1.74 bits per heavy atom. The molecule has 3 aromatic rings. The lowest BCUT2D eigenvalue weighted by atomic mass is 9.91. The van der Waals surface area contributed by atoms with Crippen LogP contribution in [0.2, 0.25) is 0 Å². The van der Waals surface area contributed by atoms with Crippen LogP contribution in [0.25, 0.3) is 16.0 Å². The van der Waals surface area contributed by atoms with Crippen LogP contribution in [0, 0.1) is 29.2 Å². The van der Waals surface area contributed by atoms with Crippen LogP contribution in [0.4, 0.5) is 5.69 Å². The standard InChI is InChI=1S/C33H27N5.CH4O3S/c1-3-4-10-20-38-28(21-30(25-12-6-5-7-13-25)29-15-8-9-16-32(29)38)18-17-26(22-34)33(31(23-35)36-2)27-14-11-19-37-24-27;1-5(2,3)4/h5-9,11-19,21,24H,3-4,10,20H2,1H3;1H3,(H,2,3,4)/p-1/b26-17?,28-18?,33-31+;. The van der Waals surface area contributed by atoms with Gasteiger partial charge in [-0.2, -0.15) is 5.26 Å². The number of nitriles is 2. The van der Waals surface area contributed by atoms with Crippen molar-refractivity contribution in [3.63, 3.8) is 0 Å². The Morgan fingerprint density at radius 3 is 2.35 bits per heavy atom. The predicted octanol–water partition coefficient (Wildman–Crippen LogP) is 6.87. The number of rotatable bonds is 8. The average Bonchev–Trinajstić information content (AvgIpc) is 3.01. The number of anilines is 1. The maximum absolute atomic E-state index is 10.1. The van der Waals surface area contributed by atoms with Gasteiger partial charge in [-0.05, 0) is 53.5 Å². The van der Waals surface area contributed by atoms with Crippen molar-refractivity contribution in [1.82, 2.24) is 4.98 Å². The quantitative estimate of drug-likeness (QED) is 0.0924. The molecule has 0 aliphatic carbocycles. The van der Waals surface area contributed by atoms with Gasteiger partial charge in [0.05, 0.1) is 34.4 Å². The lowest BCUT2D eigenvalue weighted by Gasteiger charge is -2.33. The maximum Gasteiger partial charge on any atom is 0.270 e. The van der Waals surface area contributed by atoms with Crippen molar-refractivity contribution in [3.05, 3.63) is 142 Å². The minimum atomic E-state index is -3.92. The van der Waals surface area contributed by atoms with Crippen molar-refractivity contribution in [2.24, 2.45) is 0 Å². The van der Waals surface area contributed by atoms with Crippen molar-refractivity contribution in [2.45, 2.75) is 26.2 Å². The van der Waals surface area contributed by atoms with E-state index in [-0.39, 0.29) is 16.8 Å². The Kier molecular flexibility index (Phi) is 11.7. The summed E-state index contributed by atoms with van der Waals surface area (Å²) in [5, 5.41) is 19.8. The third-order valence-corrected chi connectivity index (χ3v) is 6.37. The van der Waals surface area contributed by atoms with Crippen LogP contribution in [-0.4, -0.2) is 30.8 Å². The van der Waals surface area contributed by atoms with E-state index in [1.807, 2.05) is 36.4 Å². The molecule has 0 fully saturated rings. The molecule has 0 saturated heterocycles. The second-order valence-electron chi connectivity index (χ2n) is 9.48. The zero-order valence-corrected chi connectivity index (χ0v) is 24.8. The molecule has 1 aliphatic heterocycles. The van der Waals surface area contributed by atoms with E-state index >= 15 is 0 Å². The summed E-state index contributed by atoms with van der Waals surface area (Å²) in [6, 6.07) is 26.3. The van der Waals surface area contributed by atoms with E-state index in [4.69, 9.17) is 19.5 Å². The lowest BCUT2D eigenvalue weighted by molar-refractivity contribution is 0.470. The van der Waals surface area contributed by atoms with Crippen LogP contribution in [0.5, 0.6) is 0 Å². The molecule has 0 spiro atoms. The first kappa shape index (κ1) is 32.2. The van der Waals surface area contributed by atoms with Crippen molar-refractivity contribution in [1.29, 1.82) is 10.5 Å². The molecule has 1 aromatic heterocycles. The van der Waals surface area contributed by atoms with Gasteiger partial charge in [0.2, 0.25) is 0 Å². The third-order valence-electron chi connectivity index (χ3n) is 6.37. The number of unbranched alkanes of at least 4 members (excludes halogenated alkanes) is 2. The number of hydrogen-bond donors (Lipinski definition) is 0. The fourth-order valence-electron chi connectivity index (χ4n) is 4.56. The van der Waals surface area contributed by atoms with E-state index in [1.54, 1.807) is 30.6 Å². The van der Waals surface area contributed by atoms with Crippen LogP contribution in [0.15, 0.2) is 114 Å². The molecular weight excluding hydrogens is 558 g/mol. The number of allylic oxidation sites excluding steroid dienone is 6. The molecule has 0 radical (unpaired) electrons. The highest BCUT2D eigenvalue weighted by atomic mass is 32.2. The predicted molar refractivity (Wildman–Crippen MR) is 168 cm³/mol. The minimum Gasteiger partial charge on any atom is -0.748 e. The van der Waals surface area contributed by atoms with Crippen LogP contribution in [0.1, 0.15) is 42.9 Å². The van der Waals surface area contributed by atoms with Crippen LogP contribution in [-0.2, 0) is 10.1 Å². The molecule has 0 saturated carbocycles. The van der Waals surface area contributed by atoms with Crippen molar-refractivity contribution in [3.8, 4) is 12.1 Å². The summed E-state index contributed by atoms with van der Waals surface area (Å²) in [5.41, 5.74) is 6.37. The Balaban J connectivity index is 0.000000934. The SMILES string of the molecule is CS(=O)(=O)[O-].[C-]#[N+]/C(C#N)=C(\C(C#N)=CC=C1C=C(c2ccccc2)c2ccccc2N1CCCCC)c1cccnc1. The van der Waals surface area contributed by atoms with E-state index < -0.39 is 10.1 Å². The molecule has 216 valence electrons. The Morgan fingerprint density at radius 1 is 1.05 bits per heavy atom. The van der Waals surface area contributed by atoms with Gasteiger partial charge in [-0.25, -0.2) is 18.5 Å². The first-order chi connectivity index (χ1) is 20.7. The van der Waals surface area contributed by atoms with Crippen molar-refractivity contribution < 1.29 is 13.0 Å². The maximum atomic E-state index is 10.1. The van der Waals surface area contributed by atoms with Crippen molar-refractivity contribution in [2.75, 3.05) is 17.7 Å². The number of benzene rings is 2. The van der Waals surface area contributed by atoms with Gasteiger partial charge in [-0.3, -0.25) is 4.98 Å². The van der Waals surface area contributed by atoms with Gasteiger partial charge in [-0.1, -0.05) is 74.4 Å². The Labute approximate surface area is 253 Å². The summed E-state index contributed by atoms with van der Waals surface area (Å²) >= 11 is 0. The lowest BCUT2D eigenvalue weighted by Crippen LogP contribution is -2.26. The van der Waals surface area contributed by atoms with Crippen LogP contribution in [0.3, 0.4) is 0 Å². The smallest absolute Gasteiger partial charge is 0.270 e. The van der Waals surface area contributed by atoms with Gasteiger partial charge in [0, 0.05) is 47.7 Å². The average molecular weight is 589 g/mol. The molecule has 0 unspecified atom stereocenters. The number of hydrogen-bond acceptors (Lipinski definition) is 7. The molecule has 0 atom stereocenters. The number of nitrogens with zero attached hydrogens (tertiary/aromatic N) is 5. The zero-order chi connectivity index (χ0) is 31.2. The number of fused-ring (bicyclic) bond motifs is 1. The van der Waals surface area contributed by atoms with Crippen molar-refractivity contribution >= 4 is 27.0 Å². The molecule has 1 aliphatic rings. The normalized spacial score (nSPS) is 14.1. The molecule has 8 nitrogen and oxygen atoms in total. The number of para-hydroxylation sites is 1. The number of aromatic nitrogens is 1. The van der Waals surface area contributed by atoms with Gasteiger partial charge in [-0.15, -0.1) is 0 Å². The second kappa shape index (κ2) is 15.7.